The van der Waals surface area contributed by atoms with Gasteiger partial charge in [-0.2, -0.15) is 0 Å². The lowest BCUT2D eigenvalue weighted by atomic mass is 9.91. The molecule has 0 aliphatic heterocycles. The Morgan fingerprint density at radius 3 is 1.22 bits per heavy atom. The van der Waals surface area contributed by atoms with Crippen molar-refractivity contribution in [3.05, 3.63) is 124 Å². The van der Waals surface area contributed by atoms with Crippen molar-refractivity contribution < 1.29 is 0 Å². The van der Waals surface area contributed by atoms with Crippen LogP contribution in [-0.2, 0) is 0 Å². The maximum atomic E-state index is 3.64. The Morgan fingerprint density at radius 2 is 0.815 bits per heavy atom. The summed E-state index contributed by atoms with van der Waals surface area (Å²) in [5.74, 6) is 0. The average molecular weight is 476 g/mol. The molecular weight excluding hydrogens is 460 g/mol. The van der Waals surface area contributed by atoms with E-state index in [1.54, 1.807) is 0 Å². The molecule has 0 aliphatic rings. The Bertz CT molecular complexity index is 961. The van der Waals surface area contributed by atoms with Gasteiger partial charge in [0.15, 0.2) is 0 Å². The van der Waals surface area contributed by atoms with Crippen LogP contribution in [0.25, 0.3) is 22.3 Å². The van der Waals surface area contributed by atoms with E-state index in [0.29, 0.717) is 0 Å². The van der Waals surface area contributed by atoms with E-state index < -0.39 is 0 Å². The molecule has 4 aromatic rings. The van der Waals surface area contributed by atoms with E-state index in [-0.39, 0.29) is 0 Å². The molecule has 27 heavy (non-hydrogen) atoms. The number of benzene rings is 4. The lowest BCUT2D eigenvalue weighted by Gasteiger charge is -2.13. The third-order valence-electron chi connectivity index (χ3n) is 4.43. The van der Waals surface area contributed by atoms with Crippen molar-refractivity contribution >= 4 is 31.9 Å². The molecule has 0 aliphatic carbocycles. The predicted molar refractivity (Wildman–Crippen MR) is 121 cm³/mol. The van der Waals surface area contributed by atoms with Gasteiger partial charge in [0.2, 0.25) is 0 Å². The minimum Gasteiger partial charge on any atom is -0.0619 e. The molecule has 0 atom stereocenters. The van der Waals surface area contributed by atoms with Gasteiger partial charge in [-0.3, -0.25) is 0 Å². The fraction of sp³-hybridized carbons (Fsp3) is 0. The van der Waals surface area contributed by atoms with E-state index >= 15 is 0 Å². The van der Waals surface area contributed by atoms with E-state index in [1.165, 1.54) is 22.3 Å². The Morgan fingerprint density at radius 1 is 0.444 bits per heavy atom. The summed E-state index contributed by atoms with van der Waals surface area (Å²) < 4.78 is 2.16. The standard InChI is InChI=1S/C25H16Br2/c26-22-13-9-18(10-14-22)24-7-3-1-5-20(24)17-21-6-2-4-8-25(21)19-11-15-23(27)16-12-19/h1-16H. The van der Waals surface area contributed by atoms with Gasteiger partial charge in [-0.05, 0) is 57.6 Å². The molecule has 0 heterocycles. The van der Waals surface area contributed by atoms with Crippen LogP contribution in [0.4, 0.5) is 0 Å². The Labute approximate surface area is 177 Å². The first-order valence-corrected chi connectivity index (χ1v) is 10.3. The molecule has 4 rings (SSSR count). The average Bonchev–Trinajstić information content (AvgIpc) is 2.70. The van der Waals surface area contributed by atoms with Gasteiger partial charge in [-0.1, -0.05) is 105 Å². The van der Waals surface area contributed by atoms with Crippen molar-refractivity contribution in [1.29, 1.82) is 0 Å². The Hall–Kier alpha value is -2.16. The van der Waals surface area contributed by atoms with Crippen molar-refractivity contribution in [2.45, 2.75) is 0 Å². The van der Waals surface area contributed by atoms with E-state index in [9.17, 15) is 0 Å². The van der Waals surface area contributed by atoms with Gasteiger partial charge in [0.25, 0.3) is 0 Å². The Kier molecular flexibility index (Phi) is 5.56. The lowest BCUT2D eigenvalue weighted by molar-refractivity contribution is 1.42. The molecule has 0 aromatic heterocycles. The van der Waals surface area contributed by atoms with Crippen molar-refractivity contribution in [2.75, 3.05) is 0 Å². The van der Waals surface area contributed by atoms with Gasteiger partial charge in [0.05, 0.1) is 6.42 Å². The van der Waals surface area contributed by atoms with E-state index in [2.05, 4.69) is 135 Å². The van der Waals surface area contributed by atoms with Crippen LogP contribution >= 0.6 is 31.9 Å². The first kappa shape index (κ1) is 18.2. The first-order chi connectivity index (χ1) is 13.2. The zero-order valence-corrected chi connectivity index (χ0v) is 17.7. The van der Waals surface area contributed by atoms with Crippen LogP contribution in [0.1, 0.15) is 11.1 Å². The van der Waals surface area contributed by atoms with Crippen LogP contribution in [0.3, 0.4) is 0 Å². The van der Waals surface area contributed by atoms with E-state index in [4.69, 9.17) is 0 Å². The van der Waals surface area contributed by atoms with Crippen LogP contribution in [0.5, 0.6) is 0 Å². The fourth-order valence-electron chi connectivity index (χ4n) is 3.09. The van der Waals surface area contributed by atoms with Gasteiger partial charge in [0, 0.05) is 8.95 Å². The smallest absolute Gasteiger partial charge is 0.0514 e. The quantitative estimate of drug-likeness (QED) is 0.280. The van der Waals surface area contributed by atoms with Crippen LogP contribution in [0.15, 0.2) is 106 Å². The molecule has 0 fully saturated rings. The van der Waals surface area contributed by atoms with Crippen molar-refractivity contribution in [3.8, 4) is 22.3 Å². The first-order valence-electron chi connectivity index (χ1n) is 8.68. The summed E-state index contributed by atoms with van der Waals surface area (Å²) in [4.78, 5) is 0. The zero-order valence-electron chi connectivity index (χ0n) is 14.5. The second kappa shape index (κ2) is 8.24. The maximum absolute atomic E-state index is 3.64. The third-order valence-corrected chi connectivity index (χ3v) is 5.49. The monoisotopic (exact) mass is 474 g/mol. The second-order valence-electron chi connectivity index (χ2n) is 6.23. The molecule has 0 nitrogen and oxygen atoms in total. The zero-order chi connectivity index (χ0) is 18.6. The fourth-order valence-corrected chi connectivity index (χ4v) is 3.62. The minimum atomic E-state index is 1.08. The van der Waals surface area contributed by atoms with Crippen molar-refractivity contribution in [3.63, 3.8) is 0 Å². The summed E-state index contributed by atoms with van der Waals surface area (Å²) in [5, 5.41) is 0. The minimum absolute atomic E-state index is 1.08. The number of rotatable bonds is 4. The van der Waals surface area contributed by atoms with Crippen LogP contribution in [0, 0.1) is 6.42 Å². The maximum Gasteiger partial charge on any atom is 0.0514 e. The van der Waals surface area contributed by atoms with E-state index in [1.807, 2.05) is 0 Å². The lowest BCUT2D eigenvalue weighted by Crippen LogP contribution is -1.93. The summed E-state index contributed by atoms with van der Waals surface area (Å²) in [5.41, 5.74) is 6.89. The topological polar surface area (TPSA) is 0 Å². The summed E-state index contributed by atoms with van der Waals surface area (Å²) >= 11 is 7.02. The van der Waals surface area contributed by atoms with Gasteiger partial charge >= 0.3 is 0 Å². The highest BCUT2D eigenvalue weighted by atomic mass is 79.9. The van der Waals surface area contributed by atoms with Crippen LogP contribution in [-0.4, -0.2) is 0 Å². The van der Waals surface area contributed by atoms with Crippen LogP contribution in [0.2, 0.25) is 0 Å². The molecule has 0 unspecified atom stereocenters. The molecule has 0 saturated heterocycles. The predicted octanol–water partition coefficient (Wildman–Crippen LogP) is 8.02. The second-order valence-corrected chi connectivity index (χ2v) is 8.06. The summed E-state index contributed by atoms with van der Waals surface area (Å²) in [6, 6.07) is 33.6. The van der Waals surface area contributed by atoms with Crippen molar-refractivity contribution in [2.24, 2.45) is 0 Å². The molecule has 0 N–H and O–H groups in total. The molecule has 4 aromatic carbocycles. The number of hydrogen-bond acceptors (Lipinski definition) is 0. The molecule has 130 valence electrons. The molecule has 0 saturated carbocycles. The highest BCUT2D eigenvalue weighted by Crippen LogP contribution is 2.32. The third kappa shape index (κ3) is 4.23. The Balaban J connectivity index is 1.74. The molecule has 0 spiro atoms. The molecule has 2 heteroatoms. The molecule has 0 amide bonds. The number of hydrogen-bond donors (Lipinski definition) is 0. The largest absolute Gasteiger partial charge is 0.0619 e. The molecular formula is C25H16Br2. The SMILES string of the molecule is Brc1ccc(-c2ccccc2[C]c2ccccc2-c2ccc(Br)cc2)cc1. The summed E-state index contributed by atoms with van der Waals surface area (Å²) in [7, 11) is 0. The molecule has 0 bridgehead atoms. The van der Waals surface area contributed by atoms with E-state index in [0.717, 1.165) is 20.1 Å². The highest BCUT2D eigenvalue weighted by molar-refractivity contribution is 9.10. The highest BCUT2D eigenvalue weighted by Gasteiger charge is 2.10. The number of halogens is 2. The summed E-state index contributed by atoms with van der Waals surface area (Å²) in [6.45, 7) is 0. The molecule has 2 radical (unpaired) electrons. The van der Waals surface area contributed by atoms with Gasteiger partial charge in [0.1, 0.15) is 0 Å². The van der Waals surface area contributed by atoms with Gasteiger partial charge < -0.3 is 0 Å². The van der Waals surface area contributed by atoms with Crippen molar-refractivity contribution in [1.82, 2.24) is 0 Å². The van der Waals surface area contributed by atoms with Crippen LogP contribution < -0.4 is 0 Å². The van der Waals surface area contributed by atoms with Gasteiger partial charge in [-0.15, -0.1) is 0 Å². The van der Waals surface area contributed by atoms with Gasteiger partial charge in [-0.25, -0.2) is 0 Å². The normalized spacial score (nSPS) is 10.7. The summed E-state index contributed by atoms with van der Waals surface area (Å²) in [6.07, 6.45) is 3.64.